The van der Waals surface area contributed by atoms with Gasteiger partial charge in [0.1, 0.15) is 0 Å². The second-order valence-electron chi connectivity index (χ2n) is 6.77. The van der Waals surface area contributed by atoms with Crippen molar-refractivity contribution in [3.63, 3.8) is 0 Å². The highest BCUT2D eigenvalue weighted by Gasteiger charge is 2.23. The number of piperidine rings is 1. The van der Waals surface area contributed by atoms with Gasteiger partial charge in [0.2, 0.25) is 0 Å². The molecule has 0 atom stereocenters. The van der Waals surface area contributed by atoms with Gasteiger partial charge in [0.15, 0.2) is 0 Å². The van der Waals surface area contributed by atoms with Gasteiger partial charge in [-0.2, -0.15) is 0 Å². The second-order valence-corrected chi connectivity index (χ2v) is 6.77. The molecule has 1 N–H and O–H groups in total. The van der Waals surface area contributed by atoms with Crippen LogP contribution in [0.5, 0.6) is 0 Å². The fourth-order valence-corrected chi connectivity index (χ4v) is 3.26. The Labute approximate surface area is 165 Å². The molecule has 2 aromatic rings. The maximum absolute atomic E-state index is 12.8. The average molecular weight is 382 g/mol. The first-order valence-electron chi connectivity index (χ1n) is 9.55. The van der Waals surface area contributed by atoms with Crippen LogP contribution in [0.4, 0.5) is 16.2 Å². The summed E-state index contributed by atoms with van der Waals surface area (Å²) >= 11 is 0. The summed E-state index contributed by atoms with van der Waals surface area (Å²) in [6, 6.07) is 11.6. The standard InChI is InChI=1S/C21H26N4O3/c1-3-28-21(27)25-11-9-17(10-12-25)23-18-13-16(14-22-15-18)20(26)24(2)19-7-5-4-6-8-19/h4-8,13-15,17,23H,3,9-12H2,1-2H3. The number of ether oxygens (including phenoxy) is 1. The molecule has 0 unspecified atom stereocenters. The van der Waals surface area contributed by atoms with Crippen molar-refractivity contribution in [3.05, 3.63) is 54.4 Å². The molecule has 1 aromatic carbocycles. The Kier molecular flexibility index (Phi) is 6.47. The Hall–Kier alpha value is -3.09. The van der Waals surface area contributed by atoms with Crippen LogP contribution in [0.3, 0.4) is 0 Å². The predicted octanol–water partition coefficient (Wildman–Crippen LogP) is 3.39. The van der Waals surface area contributed by atoms with E-state index in [0.29, 0.717) is 25.3 Å². The van der Waals surface area contributed by atoms with Gasteiger partial charge < -0.3 is 19.9 Å². The van der Waals surface area contributed by atoms with Crippen molar-refractivity contribution in [1.29, 1.82) is 0 Å². The Bertz CT molecular complexity index is 804. The van der Waals surface area contributed by atoms with Crippen molar-refractivity contribution in [2.75, 3.05) is 37.0 Å². The summed E-state index contributed by atoms with van der Waals surface area (Å²) < 4.78 is 5.05. The zero-order chi connectivity index (χ0) is 19.9. The van der Waals surface area contributed by atoms with Gasteiger partial charge in [-0.1, -0.05) is 18.2 Å². The lowest BCUT2D eigenvalue weighted by Gasteiger charge is -2.32. The topological polar surface area (TPSA) is 74.8 Å². The van der Waals surface area contributed by atoms with Crippen LogP contribution < -0.4 is 10.2 Å². The van der Waals surface area contributed by atoms with Crippen LogP contribution in [0.1, 0.15) is 30.1 Å². The summed E-state index contributed by atoms with van der Waals surface area (Å²) in [7, 11) is 1.75. The number of carbonyl (C=O) groups is 2. The molecule has 3 rings (SSSR count). The number of benzene rings is 1. The van der Waals surface area contributed by atoms with Crippen LogP contribution >= 0.6 is 0 Å². The molecule has 0 aliphatic carbocycles. The van der Waals surface area contributed by atoms with E-state index in [0.717, 1.165) is 24.2 Å². The van der Waals surface area contributed by atoms with Crippen molar-refractivity contribution in [3.8, 4) is 0 Å². The van der Waals surface area contributed by atoms with Gasteiger partial charge in [-0.25, -0.2) is 4.79 Å². The molecule has 1 aliphatic rings. The summed E-state index contributed by atoms with van der Waals surface area (Å²) in [4.78, 5) is 32.1. The van der Waals surface area contributed by atoms with Gasteiger partial charge in [-0.15, -0.1) is 0 Å². The van der Waals surface area contributed by atoms with Crippen LogP contribution in [0.25, 0.3) is 0 Å². The number of nitrogens with one attached hydrogen (secondary N) is 1. The van der Waals surface area contributed by atoms with E-state index in [1.165, 1.54) is 0 Å². The Balaban J connectivity index is 1.60. The van der Waals surface area contributed by atoms with Crippen LogP contribution in [-0.4, -0.2) is 54.7 Å². The lowest BCUT2D eigenvalue weighted by molar-refractivity contribution is 0.0977. The molecule has 148 valence electrons. The quantitative estimate of drug-likeness (QED) is 0.858. The number of hydrogen-bond acceptors (Lipinski definition) is 5. The Morgan fingerprint density at radius 1 is 1.21 bits per heavy atom. The first kappa shape index (κ1) is 19.7. The zero-order valence-corrected chi connectivity index (χ0v) is 16.3. The number of rotatable bonds is 5. The normalized spacial score (nSPS) is 14.4. The molecule has 0 saturated carbocycles. The minimum absolute atomic E-state index is 0.112. The number of hydrogen-bond donors (Lipinski definition) is 1. The summed E-state index contributed by atoms with van der Waals surface area (Å²) in [5.41, 5.74) is 2.17. The van der Waals surface area contributed by atoms with Gasteiger partial charge in [0, 0.05) is 44.3 Å². The Morgan fingerprint density at radius 2 is 1.93 bits per heavy atom. The van der Waals surface area contributed by atoms with Crippen molar-refractivity contribution >= 4 is 23.4 Å². The van der Waals surface area contributed by atoms with E-state index in [2.05, 4.69) is 10.3 Å². The van der Waals surface area contributed by atoms with E-state index in [4.69, 9.17) is 4.74 Å². The number of anilines is 2. The van der Waals surface area contributed by atoms with Crippen LogP contribution in [-0.2, 0) is 4.74 Å². The number of nitrogens with zero attached hydrogens (tertiary/aromatic N) is 3. The zero-order valence-electron chi connectivity index (χ0n) is 16.3. The molecule has 28 heavy (non-hydrogen) atoms. The molecule has 7 heteroatoms. The highest BCUT2D eigenvalue weighted by atomic mass is 16.6. The third kappa shape index (κ3) is 4.79. The van der Waals surface area contributed by atoms with Crippen molar-refractivity contribution < 1.29 is 14.3 Å². The third-order valence-electron chi connectivity index (χ3n) is 4.83. The minimum atomic E-state index is -0.251. The summed E-state index contributed by atoms with van der Waals surface area (Å²) in [5, 5.41) is 3.43. The van der Waals surface area contributed by atoms with Crippen molar-refractivity contribution in [2.45, 2.75) is 25.8 Å². The van der Waals surface area contributed by atoms with E-state index in [-0.39, 0.29) is 18.0 Å². The van der Waals surface area contributed by atoms with E-state index in [1.807, 2.05) is 43.3 Å². The fraction of sp³-hybridized carbons (Fsp3) is 0.381. The average Bonchev–Trinajstić information content (AvgIpc) is 2.74. The maximum atomic E-state index is 12.8. The number of carbonyl (C=O) groups excluding carboxylic acids is 2. The predicted molar refractivity (Wildman–Crippen MR) is 109 cm³/mol. The smallest absolute Gasteiger partial charge is 0.409 e. The molecule has 2 heterocycles. The number of amides is 2. The lowest BCUT2D eigenvalue weighted by Crippen LogP contribution is -2.42. The molecule has 1 aliphatic heterocycles. The van der Waals surface area contributed by atoms with Crippen molar-refractivity contribution in [1.82, 2.24) is 9.88 Å². The molecule has 0 bridgehead atoms. The molecule has 2 amide bonds. The number of pyridine rings is 1. The van der Waals surface area contributed by atoms with Gasteiger partial charge >= 0.3 is 6.09 Å². The summed E-state index contributed by atoms with van der Waals surface area (Å²) in [5.74, 6) is -0.112. The molecule has 1 saturated heterocycles. The maximum Gasteiger partial charge on any atom is 0.409 e. The third-order valence-corrected chi connectivity index (χ3v) is 4.83. The first-order chi connectivity index (χ1) is 13.6. The van der Waals surface area contributed by atoms with Crippen LogP contribution in [0.2, 0.25) is 0 Å². The monoisotopic (exact) mass is 382 g/mol. The largest absolute Gasteiger partial charge is 0.450 e. The summed E-state index contributed by atoms with van der Waals surface area (Å²) in [6.07, 6.45) is 4.69. The lowest BCUT2D eigenvalue weighted by atomic mass is 10.0. The van der Waals surface area contributed by atoms with Gasteiger partial charge in [0.05, 0.1) is 17.9 Å². The van der Waals surface area contributed by atoms with E-state index in [1.54, 1.807) is 29.2 Å². The van der Waals surface area contributed by atoms with Gasteiger partial charge in [-0.3, -0.25) is 9.78 Å². The Morgan fingerprint density at radius 3 is 2.61 bits per heavy atom. The number of para-hydroxylation sites is 1. The van der Waals surface area contributed by atoms with E-state index in [9.17, 15) is 9.59 Å². The summed E-state index contributed by atoms with van der Waals surface area (Å²) in [6.45, 7) is 3.50. The highest BCUT2D eigenvalue weighted by Crippen LogP contribution is 2.19. The van der Waals surface area contributed by atoms with E-state index >= 15 is 0 Å². The minimum Gasteiger partial charge on any atom is -0.450 e. The van der Waals surface area contributed by atoms with Crippen LogP contribution in [0, 0.1) is 0 Å². The molecular weight excluding hydrogens is 356 g/mol. The first-order valence-corrected chi connectivity index (χ1v) is 9.55. The van der Waals surface area contributed by atoms with Crippen LogP contribution in [0.15, 0.2) is 48.8 Å². The van der Waals surface area contributed by atoms with E-state index < -0.39 is 0 Å². The molecular formula is C21H26N4O3. The second kappa shape index (κ2) is 9.21. The van der Waals surface area contributed by atoms with Gasteiger partial charge in [0.25, 0.3) is 5.91 Å². The SMILES string of the molecule is CCOC(=O)N1CCC(Nc2cncc(C(=O)N(C)c3ccccc3)c2)CC1. The molecule has 1 aromatic heterocycles. The number of likely N-dealkylation sites (tertiary alicyclic amines) is 1. The highest BCUT2D eigenvalue weighted by molar-refractivity contribution is 6.05. The van der Waals surface area contributed by atoms with Crippen molar-refractivity contribution in [2.24, 2.45) is 0 Å². The van der Waals surface area contributed by atoms with Gasteiger partial charge in [-0.05, 0) is 38.0 Å². The molecule has 1 fully saturated rings. The molecule has 0 radical (unpaired) electrons. The molecule has 0 spiro atoms. The fourth-order valence-electron chi connectivity index (χ4n) is 3.26. The molecule has 7 nitrogen and oxygen atoms in total. The number of aromatic nitrogens is 1.